The SMILES string of the molecule is C1=C[CH]([Zr]2([CH]3C=Cc4ccccc43)[CH2][CH2]2)c2ccccc21.Cl.[H-]. The summed E-state index contributed by atoms with van der Waals surface area (Å²) < 4.78 is 4.72. The monoisotopic (exact) mass is 385 g/mol. The number of benzene rings is 2. The predicted octanol–water partition coefficient (Wildman–Crippen LogP) is 6.06. The minimum absolute atomic E-state index is 0. The summed E-state index contributed by atoms with van der Waals surface area (Å²) in [6.07, 6.45) is 9.84. The Labute approximate surface area is 144 Å². The molecule has 0 bridgehead atoms. The zero-order valence-electron chi connectivity index (χ0n) is 13.4. The molecular formula is C20H20ClZr-. The molecule has 0 aromatic heterocycles. The summed E-state index contributed by atoms with van der Waals surface area (Å²) in [5.41, 5.74) is 6.20. The standard InChI is InChI=1S/2C9H7.C2H4.ClH.Zr.H/c2*1-2-5-9-7-3-6-8(9)4-1;1-2;;;/h2*1-7H;1-2H2;1H;;/q;;;;;-1. The van der Waals surface area contributed by atoms with Crippen LogP contribution in [0.1, 0.15) is 30.9 Å². The molecule has 0 nitrogen and oxygen atoms in total. The molecule has 1 heterocycles. The van der Waals surface area contributed by atoms with Crippen molar-refractivity contribution in [3.05, 3.63) is 82.9 Å². The van der Waals surface area contributed by atoms with Crippen LogP contribution in [-0.4, -0.2) is 0 Å². The molecule has 0 N–H and O–H groups in total. The van der Waals surface area contributed by atoms with E-state index in [1.807, 2.05) is 0 Å². The van der Waals surface area contributed by atoms with E-state index in [4.69, 9.17) is 0 Å². The maximum atomic E-state index is 2.54. The van der Waals surface area contributed by atoms with Crippen LogP contribution in [0.3, 0.4) is 0 Å². The van der Waals surface area contributed by atoms with Crippen LogP contribution in [0.5, 0.6) is 0 Å². The Morgan fingerprint density at radius 2 is 1.18 bits per heavy atom. The minimum atomic E-state index is -2.13. The van der Waals surface area contributed by atoms with Gasteiger partial charge in [-0.05, 0) is 0 Å². The first-order valence-electron chi connectivity index (χ1n) is 7.93. The van der Waals surface area contributed by atoms with E-state index in [2.05, 4.69) is 72.8 Å². The fourth-order valence-corrected chi connectivity index (χ4v) is 20.1. The number of hydrogen-bond acceptors (Lipinski definition) is 0. The maximum Gasteiger partial charge on any atom is -0.147 e. The molecular weight excluding hydrogens is 367 g/mol. The number of allylic oxidation sites excluding steroid dienone is 2. The van der Waals surface area contributed by atoms with Gasteiger partial charge in [-0.2, -0.15) is 0 Å². The van der Waals surface area contributed by atoms with E-state index in [1.54, 1.807) is 19.4 Å². The third-order valence-corrected chi connectivity index (χ3v) is 18.3. The van der Waals surface area contributed by atoms with E-state index in [9.17, 15) is 0 Å². The third-order valence-electron chi connectivity index (χ3n) is 5.66. The van der Waals surface area contributed by atoms with E-state index in [0.717, 1.165) is 7.25 Å². The average molecular weight is 387 g/mol. The molecule has 0 spiro atoms. The van der Waals surface area contributed by atoms with E-state index in [1.165, 1.54) is 11.1 Å². The largest absolute Gasteiger partial charge is 1.00 e. The molecule has 0 amide bonds. The Bertz CT molecular complexity index is 728. The molecule has 22 heavy (non-hydrogen) atoms. The van der Waals surface area contributed by atoms with Crippen molar-refractivity contribution in [2.45, 2.75) is 15.5 Å². The van der Waals surface area contributed by atoms with Crippen molar-refractivity contribution in [1.29, 1.82) is 0 Å². The molecule has 2 heteroatoms. The van der Waals surface area contributed by atoms with Gasteiger partial charge >= 0.3 is 131 Å². The van der Waals surface area contributed by atoms with Crippen molar-refractivity contribution >= 4 is 24.6 Å². The summed E-state index contributed by atoms with van der Waals surface area (Å²) in [6, 6.07) is 18.1. The molecule has 0 saturated carbocycles. The summed E-state index contributed by atoms with van der Waals surface area (Å²) in [7, 11) is 0. The number of halogens is 1. The van der Waals surface area contributed by atoms with Gasteiger partial charge in [-0.15, -0.1) is 12.4 Å². The maximum absolute atomic E-state index is 2.54. The zero-order valence-corrected chi connectivity index (χ0v) is 15.7. The summed E-state index contributed by atoms with van der Waals surface area (Å²) >= 11 is -2.13. The molecule has 2 aromatic carbocycles. The first-order valence-corrected chi connectivity index (χ1v) is 14.2. The van der Waals surface area contributed by atoms with Gasteiger partial charge in [0.2, 0.25) is 0 Å². The first-order chi connectivity index (χ1) is 10.4. The van der Waals surface area contributed by atoms with Crippen LogP contribution in [0.25, 0.3) is 12.2 Å². The van der Waals surface area contributed by atoms with Gasteiger partial charge in [0.1, 0.15) is 0 Å². The summed E-state index contributed by atoms with van der Waals surface area (Å²) in [5, 5.41) is 0. The van der Waals surface area contributed by atoms with Crippen molar-refractivity contribution in [3.8, 4) is 0 Å². The van der Waals surface area contributed by atoms with Crippen LogP contribution in [-0.2, 0) is 20.3 Å². The summed E-state index contributed by atoms with van der Waals surface area (Å²) in [6.45, 7) is 0. The molecule has 2 atom stereocenters. The van der Waals surface area contributed by atoms with E-state index in [-0.39, 0.29) is 13.8 Å². The van der Waals surface area contributed by atoms with Crippen molar-refractivity contribution < 1.29 is 21.7 Å². The second-order valence-corrected chi connectivity index (χ2v) is 18.2. The molecule has 5 rings (SSSR count). The molecule has 0 radical (unpaired) electrons. The van der Waals surface area contributed by atoms with Gasteiger partial charge in [-0.25, -0.2) is 0 Å². The molecule has 2 aliphatic carbocycles. The van der Waals surface area contributed by atoms with Gasteiger partial charge in [0.05, 0.1) is 0 Å². The quantitative estimate of drug-likeness (QED) is 0.588. The third kappa shape index (κ3) is 1.99. The van der Waals surface area contributed by atoms with E-state index < -0.39 is 20.3 Å². The van der Waals surface area contributed by atoms with Crippen molar-refractivity contribution in [2.24, 2.45) is 0 Å². The normalized spacial score (nSPS) is 25.5. The van der Waals surface area contributed by atoms with Crippen LogP contribution in [0.2, 0.25) is 8.26 Å². The average Bonchev–Trinajstić information content (AvgIpc) is 3.03. The number of hydrogen-bond donors (Lipinski definition) is 0. The Morgan fingerprint density at radius 3 is 1.64 bits per heavy atom. The van der Waals surface area contributed by atoms with Gasteiger partial charge in [0.25, 0.3) is 0 Å². The fourth-order valence-electron chi connectivity index (χ4n) is 4.46. The molecule has 2 aromatic rings. The second kappa shape index (κ2) is 5.32. The second-order valence-electron chi connectivity index (χ2n) is 6.66. The van der Waals surface area contributed by atoms with Crippen molar-refractivity contribution in [2.75, 3.05) is 0 Å². The molecule has 1 fully saturated rings. The molecule has 1 saturated heterocycles. The van der Waals surface area contributed by atoms with Crippen molar-refractivity contribution in [1.82, 2.24) is 0 Å². The van der Waals surface area contributed by atoms with Gasteiger partial charge in [0.15, 0.2) is 0 Å². The molecule has 112 valence electrons. The van der Waals surface area contributed by atoms with Gasteiger partial charge in [0, 0.05) is 0 Å². The Morgan fingerprint density at radius 1 is 0.727 bits per heavy atom. The summed E-state index contributed by atoms with van der Waals surface area (Å²) in [4.78, 5) is 0. The van der Waals surface area contributed by atoms with Gasteiger partial charge < -0.3 is 1.43 Å². The van der Waals surface area contributed by atoms with Crippen LogP contribution >= 0.6 is 12.4 Å². The summed E-state index contributed by atoms with van der Waals surface area (Å²) in [5.74, 6) is 0. The smallest absolute Gasteiger partial charge is 0.147 e. The topological polar surface area (TPSA) is 0 Å². The van der Waals surface area contributed by atoms with Gasteiger partial charge in [-0.1, -0.05) is 0 Å². The number of rotatable bonds is 2. The van der Waals surface area contributed by atoms with E-state index in [0.29, 0.717) is 0 Å². The number of fused-ring (bicyclic) bond motifs is 2. The van der Waals surface area contributed by atoms with Crippen LogP contribution in [0, 0.1) is 0 Å². The minimum Gasteiger partial charge on any atom is -1.00 e. The molecule has 3 aliphatic rings. The van der Waals surface area contributed by atoms with Crippen LogP contribution in [0.4, 0.5) is 0 Å². The van der Waals surface area contributed by atoms with E-state index >= 15 is 0 Å². The fraction of sp³-hybridized carbons (Fsp3) is 0.200. The van der Waals surface area contributed by atoms with Crippen LogP contribution in [0.15, 0.2) is 60.7 Å². The molecule has 2 unspecified atom stereocenters. The van der Waals surface area contributed by atoms with Crippen molar-refractivity contribution in [3.63, 3.8) is 0 Å². The Hall–Kier alpha value is -0.907. The Balaban J connectivity index is 0.000000781. The van der Waals surface area contributed by atoms with Crippen LogP contribution < -0.4 is 0 Å². The first kappa shape index (κ1) is 14.7. The zero-order chi connectivity index (χ0) is 13.9. The van der Waals surface area contributed by atoms with Gasteiger partial charge in [-0.3, -0.25) is 0 Å². The molecule has 1 aliphatic heterocycles. The predicted molar refractivity (Wildman–Crippen MR) is 94.4 cm³/mol. The Kier molecular flexibility index (Phi) is 3.55.